The van der Waals surface area contributed by atoms with Crippen LogP contribution >= 0.6 is 0 Å². The Kier molecular flexibility index (Phi) is 6.41. The molecule has 0 saturated carbocycles. The maximum atomic E-state index is 12.6. The molecule has 1 aliphatic rings. The lowest BCUT2D eigenvalue weighted by Crippen LogP contribution is -2.47. The summed E-state index contributed by atoms with van der Waals surface area (Å²) in [6.45, 7) is 0. The van der Waals surface area contributed by atoms with E-state index < -0.39 is 11.9 Å². The average Bonchev–Trinajstić information content (AvgIpc) is 2.77. The number of benzene rings is 2. The van der Waals surface area contributed by atoms with Crippen molar-refractivity contribution >= 4 is 17.8 Å². The molecule has 0 unspecified atom stereocenters. The van der Waals surface area contributed by atoms with Crippen molar-refractivity contribution in [3.05, 3.63) is 47.5 Å². The van der Waals surface area contributed by atoms with Gasteiger partial charge in [0.1, 0.15) is 5.75 Å². The van der Waals surface area contributed by atoms with E-state index in [4.69, 9.17) is 18.9 Å². The van der Waals surface area contributed by atoms with E-state index in [-0.39, 0.29) is 18.3 Å². The summed E-state index contributed by atoms with van der Waals surface area (Å²) in [6, 6.07) is 9.56. The van der Waals surface area contributed by atoms with Crippen molar-refractivity contribution in [3.63, 3.8) is 0 Å². The molecule has 3 rings (SSSR count). The van der Waals surface area contributed by atoms with E-state index in [2.05, 4.69) is 15.6 Å². The molecular formula is C21H23N3O6. The van der Waals surface area contributed by atoms with Crippen LogP contribution in [0.5, 0.6) is 23.0 Å². The third-order valence-electron chi connectivity index (χ3n) is 4.58. The van der Waals surface area contributed by atoms with Gasteiger partial charge in [-0.25, -0.2) is 4.99 Å². The van der Waals surface area contributed by atoms with Crippen molar-refractivity contribution in [2.75, 3.05) is 28.4 Å². The van der Waals surface area contributed by atoms with Gasteiger partial charge >= 0.3 is 0 Å². The SMILES string of the molecule is COc1cccc(C(=O)NC2=N[C@@H](c3ccc(OC)c(OC)c3OC)CC(=O)N2)c1. The highest BCUT2D eigenvalue weighted by Gasteiger charge is 2.28. The number of amides is 2. The van der Waals surface area contributed by atoms with Crippen molar-refractivity contribution in [1.29, 1.82) is 0 Å². The van der Waals surface area contributed by atoms with Gasteiger partial charge in [0.2, 0.25) is 17.6 Å². The molecule has 2 aromatic carbocycles. The van der Waals surface area contributed by atoms with E-state index >= 15 is 0 Å². The minimum Gasteiger partial charge on any atom is -0.497 e. The minimum atomic E-state index is -0.575. The topological polar surface area (TPSA) is 107 Å². The Bertz CT molecular complexity index is 989. The zero-order chi connectivity index (χ0) is 21.7. The number of carbonyl (C=O) groups excluding carboxylic acids is 2. The van der Waals surface area contributed by atoms with Gasteiger partial charge in [0.15, 0.2) is 11.5 Å². The number of methoxy groups -OCH3 is 4. The third kappa shape index (κ3) is 4.29. The summed E-state index contributed by atoms with van der Waals surface area (Å²) in [5.41, 5.74) is 1.01. The lowest BCUT2D eigenvalue weighted by atomic mass is 10.0. The predicted octanol–water partition coefficient (Wildman–Crippen LogP) is 2.07. The number of hydrogen-bond acceptors (Lipinski definition) is 7. The van der Waals surface area contributed by atoms with Gasteiger partial charge in [0.05, 0.1) is 40.9 Å². The number of rotatable bonds is 6. The molecule has 2 amide bonds. The first-order valence-electron chi connectivity index (χ1n) is 9.12. The van der Waals surface area contributed by atoms with Crippen LogP contribution in [0.3, 0.4) is 0 Å². The molecule has 30 heavy (non-hydrogen) atoms. The van der Waals surface area contributed by atoms with Gasteiger partial charge < -0.3 is 18.9 Å². The van der Waals surface area contributed by atoms with Gasteiger partial charge in [0, 0.05) is 11.1 Å². The van der Waals surface area contributed by atoms with Gasteiger partial charge in [-0.1, -0.05) is 6.07 Å². The highest BCUT2D eigenvalue weighted by atomic mass is 16.5. The summed E-state index contributed by atoms with van der Waals surface area (Å²) in [5, 5.41) is 5.22. The summed E-state index contributed by atoms with van der Waals surface area (Å²) in [4.78, 5) is 29.4. The molecule has 9 heteroatoms. The molecule has 0 bridgehead atoms. The normalized spacial score (nSPS) is 15.5. The molecule has 0 aliphatic carbocycles. The van der Waals surface area contributed by atoms with Crippen molar-refractivity contribution in [3.8, 4) is 23.0 Å². The van der Waals surface area contributed by atoms with Crippen LogP contribution in [-0.4, -0.2) is 46.2 Å². The fraction of sp³-hybridized carbons (Fsp3) is 0.286. The fourth-order valence-electron chi connectivity index (χ4n) is 3.17. The molecule has 0 radical (unpaired) electrons. The van der Waals surface area contributed by atoms with Crippen molar-refractivity contribution in [2.24, 2.45) is 4.99 Å². The second-order valence-corrected chi connectivity index (χ2v) is 6.36. The zero-order valence-electron chi connectivity index (χ0n) is 17.1. The molecule has 1 atom stereocenters. The molecule has 0 spiro atoms. The fourth-order valence-corrected chi connectivity index (χ4v) is 3.17. The lowest BCUT2D eigenvalue weighted by molar-refractivity contribution is -0.120. The van der Waals surface area contributed by atoms with Crippen molar-refractivity contribution < 1.29 is 28.5 Å². The number of aliphatic imine (C=N–C) groups is 1. The van der Waals surface area contributed by atoms with Gasteiger partial charge in [0.25, 0.3) is 5.91 Å². The first-order valence-corrected chi connectivity index (χ1v) is 9.12. The van der Waals surface area contributed by atoms with E-state index in [0.29, 0.717) is 34.1 Å². The molecule has 1 aliphatic heterocycles. The molecule has 1 heterocycles. The molecule has 2 aromatic rings. The molecule has 0 saturated heterocycles. The van der Waals surface area contributed by atoms with Crippen LogP contribution in [0.25, 0.3) is 0 Å². The van der Waals surface area contributed by atoms with Crippen molar-refractivity contribution in [2.45, 2.75) is 12.5 Å². The third-order valence-corrected chi connectivity index (χ3v) is 4.58. The highest BCUT2D eigenvalue weighted by Crippen LogP contribution is 2.44. The van der Waals surface area contributed by atoms with Crippen LogP contribution < -0.4 is 29.6 Å². The summed E-state index contributed by atoms with van der Waals surface area (Å²) in [6.07, 6.45) is 0.0877. The molecule has 158 valence electrons. The van der Waals surface area contributed by atoms with Gasteiger partial charge in [-0.05, 0) is 30.3 Å². The quantitative estimate of drug-likeness (QED) is 0.751. The van der Waals surface area contributed by atoms with Crippen LogP contribution in [0.2, 0.25) is 0 Å². The molecule has 0 fully saturated rings. The Morgan fingerprint density at radius 3 is 2.47 bits per heavy atom. The predicted molar refractivity (Wildman–Crippen MR) is 109 cm³/mol. The van der Waals surface area contributed by atoms with E-state index in [0.717, 1.165) is 0 Å². The van der Waals surface area contributed by atoms with E-state index in [1.165, 1.54) is 28.4 Å². The Hall–Kier alpha value is -3.75. The summed E-state index contributed by atoms with van der Waals surface area (Å²) < 4.78 is 21.3. The van der Waals surface area contributed by atoms with Crippen LogP contribution in [-0.2, 0) is 4.79 Å². The first-order chi connectivity index (χ1) is 14.5. The number of nitrogens with one attached hydrogen (secondary N) is 2. The van der Waals surface area contributed by atoms with Crippen LogP contribution in [0.15, 0.2) is 41.4 Å². The number of ether oxygens (including phenoxy) is 4. The Morgan fingerprint density at radius 1 is 1.03 bits per heavy atom. The second-order valence-electron chi connectivity index (χ2n) is 6.36. The maximum absolute atomic E-state index is 12.6. The van der Waals surface area contributed by atoms with Gasteiger partial charge in [-0.3, -0.25) is 20.2 Å². The maximum Gasteiger partial charge on any atom is 0.258 e. The molecule has 0 aromatic heterocycles. The number of carbonyl (C=O) groups is 2. The van der Waals surface area contributed by atoms with Crippen LogP contribution in [0, 0.1) is 0 Å². The van der Waals surface area contributed by atoms with Crippen LogP contribution in [0.4, 0.5) is 0 Å². The Balaban J connectivity index is 1.91. The van der Waals surface area contributed by atoms with Crippen molar-refractivity contribution in [1.82, 2.24) is 10.6 Å². The summed E-state index contributed by atoms with van der Waals surface area (Å²) in [7, 11) is 6.04. The second kappa shape index (κ2) is 9.17. The smallest absolute Gasteiger partial charge is 0.258 e. The Morgan fingerprint density at radius 2 is 1.80 bits per heavy atom. The summed E-state index contributed by atoms with van der Waals surface area (Å²) >= 11 is 0. The largest absolute Gasteiger partial charge is 0.497 e. The number of guanidine groups is 1. The first kappa shape index (κ1) is 21.0. The molecule has 2 N–H and O–H groups in total. The standard InChI is InChI=1S/C21H23N3O6/c1-27-13-7-5-6-12(10-13)20(26)24-21-22-15(11-17(25)23-21)14-8-9-16(28-2)19(30-4)18(14)29-3/h5-10,15H,11H2,1-4H3,(H2,22,23,24,25,26)/t15-/m1/s1. The Labute approximate surface area is 174 Å². The van der Waals surface area contributed by atoms with Gasteiger partial charge in [-0.15, -0.1) is 0 Å². The zero-order valence-corrected chi connectivity index (χ0v) is 17.1. The van der Waals surface area contributed by atoms with E-state index in [1.54, 1.807) is 36.4 Å². The van der Waals surface area contributed by atoms with E-state index in [9.17, 15) is 9.59 Å². The minimum absolute atomic E-state index is 0.0564. The molecule has 9 nitrogen and oxygen atoms in total. The monoisotopic (exact) mass is 413 g/mol. The number of hydrogen-bond donors (Lipinski definition) is 2. The highest BCUT2D eigenvalue weighted by molar-refractivity contribution is 6.10. The summed E-state index contributed by atoms with van der Waals surface area (Å²) in [5.74, 6) is 1.21. The molecular weight excluding hydrogens is 390 g/mol. The van der Waals surface area contributed by atoms with Gasteiger partial charge in [-0.2, -0.15) is 0 Å². The lowest BCUT2D eigenvalue weighted by Gasteiger charge is -2.24. The average molecular weight is 413 g/mol. The van der Waals surface area contributed by atoms with E-state index in [1.807, 2.05) is 0 Å². The number of nitrogens with zero attached hydrogens (tertiary/aromatic N) is 1. The van der Waals surface area contributed by atoms with Crippen LogP contribution in [0.1, 0.15) is 28.4 Å².